The lowest BCUT2D eigenvalue weighted by Crippen LogP contribution is -2.43. The third kappa shape index (κ3) is 3.85. The molecule has 1 aromatic heterocycles. The third-order valence-electron chi connectivity index (χ3n) is 3.52. The lowest BCUT2D eigenvalue weighted by Gasteiger charge is -2.23. The number of carbonyl (C=O) groups excluding carboxylic acids is 1. The Hall–Kier alpha value is -2.34. The van der Waals surface area contributed by atoms with Crippen molar-refractivity contribution >= 4 is 6.03 Å². The molecule has 0 aliphatic rings. The Bertz CT molecular complexity index is 622. The number of hydrogen-bond acceptors (Lipinski definition) is 4. The number of carbonyl (C=O) groups is 1. The van der Waals surface area contributed by atoms with Gasteiger partial charge < -0.3 is 19.7 Å². The van der Waals surface area contributed by atoms with Crippen LogP contribution in [0.4, 0.5) is 4.79 Å². The Labute approximate surface area is 129 Å². The molecule has 1 heterocycles. The quantitative estimate of drug-likeness (QED) is 0.887. The molecule has 1 atom stereocenters. The number of oxazole rings is 1. The second kappa shape index (κ2) is 7.09. The van der Waals surface area contributed by atoms with Crippen molar-refractivity contribution in [2.45, 2.75) is 26.4 Å². The number of nitrogens with one attached hydrogen (secondary N) is 1. The standard InChI is InChI=1S/C16H21N3O3/c1-11-4-6-13(7-5-11)15-18-14(10-22-15)8-17-16(21)19(3)12(2)9-20/h4-7,10,12,20H,8-9H2,1-3H3,(H,17,21). The van der Waals surface area contributed by atoms with Gasteiger partial charge in [0.1, 0.15) is 6.26 Å². The molecule has 0 aliphatic heterocycles. The number of benzene rings is 1. The van der Waals surface area contributed by atoms with Gasteiger partial charge in [-0.3, -0.25) is 0 Å². The van der Waals surface area contributed by atoms with Gasteiger partial charge in [0.15, 0.2) is 0 Å². The van der Waals surface area contributed by atoms with Crippen LogP contribution in [-0.2, 0) is 6.54 Å². The number of hydrogen-bond donors (Lipinski definition) is 2. The highest BCUT2D eigenvalue weighted by atomic mass is 16.3. The summed E-state index contributed by atoms with van der Waals surface area (Å²) in [6.07, 6.45) is 1.53. The van der Waals surface area contributed by atoms with Crippen molar-refractivity contribution in [2.24, 2.45) is 0 Å². The molecule has 0 bridgehead atoms. The highest BCUT2D eigenvalue weighted by molar-refractivity contribution is 5.74. The van der Waals surface area contributed by atoms with Crippen molar-refractivity contribution in [3.63, 3.8) is 0 Å². The monoisotopic (exact) mass is 303 g/mol. The zero-order valence-corrected chi connectivity index (χ0v) is 13.0. The van der Waals surface area contributed by atoms with Gasteiger partial charge in [-0.05, 0) is 26.0 Å². The van der Waals surface area contributed by atoms with E-state index in [-0.39, 0.29) is 25.2 Å². The fraction of sp³-hybridized carbons (Fsp3) is 0.375. The Kier molecular flexibility index (Phi) is 5.16. The van der Waals surface area contributed by atoms with Crippen LogP contribution in [0.1, 0.15) is 18.2 Å². The normalized spacial score (nSPS) is 12.0. The van der Waals surface area contributed by atoms with E-state index in [4.69, 9.17) is 9.52 Å². The molecule has 2 N–H and O–H groups in total. The number of aliphatic hydroxyl groups is 1. The SMILES string of the molecule is Cc1ccc(-c2nc(CNC(=O)N(C)C(C)CO)co2)cc1. The molecular formula is C16H21N3O3. The van der Waals surface area contributed by atoms with Crippen LogP contribution in [0, 0.1) is 6.92 Å². The smallest absolute Gasteiger partial charge is 0.317 e. The fourth-order valence-corrected chi connectivity index (χ4v) is 1.83. The lowest BCUT2D eigenvalue weighted by molar-refractivity contribution is 0.157. The predicted molar refractivity (Wildman–Crippen MR) is 83.2 cm³/mol. The summed E-state index contributed by atoms with van der Waals surface area (Å²) in [5, 5.41) is 11.8. The van der Waals surface area contributed by atoms with Gasteiger partial charge >= 0.3 is 6.03 Å². The minimum atomic E-state index is -0.263. The Morgan fingerprint density at radius 1 is 1.41 bits per heavy atom. The molecule has 0 spiro atoms. The Morgan fingerprint density at radius 3 is 2.73 bits per heavy atom. The summed E-state index contributed by atoms with van der Waals surface area (Å²) in [6.45, 7) is 3.98. The topological polar surface area (TPSA) is 78.6 Å². The van der Waals surface area contributed by atoms with Crippen LogP contribution in [-0.4, -0.2) is 40.7 Å². The van der Waals surface area contributed by atoms with Gasteiger partial charge in [-0.15, -0.1) is 0 Å². The molecule has 22 heavy (non-hydrogen) atoms. The molecule has 2 aromatic rings. The van der Waals surface area contributed by atoms with E-state index in [0.29, 0.717) is 11.6 Å². The number of rotatable bonds is 5. The molecule has 118 valence electrons. The van der Waals surface area contributed by atoms with Crippen LogP contribution in [0.2, 0.25) is 0 Å². The molecule has 0 radical (unpaired) electrons. The summed E-state index contributed by atoms with van der Waals surface area (Å²) < 4.78 is 5.44. The van der Waals surface area contributed by atoms with Crippen molar-refractivity contribution in [1.29, 1.82) is 0 Å². The molecule has 6 nitrogen and oxygen atoms in total. The van der Waals surface area contributed by atoms with Crippen LogP contribution in [0.25, 0.3) is 11.5 Å². The van der Waals surface area contributed by atoms with Gasteiger partial charge in [0.05, 0.1) is 24.9 Å². The molecule has 0 fully saturated rings. The lowest BCUT2D eigenvalue weighted by atomic mass is 10.1. The molecule has 0 aliphatic carbocycles. The first-order valence-corrected chi connectivity index (χ1v) is 7.14. The van der Waals surface area contributed by atoms with Gasteiger partial charge in [-0.1, -0.05) is 17.7 Å². The zero-order chi connectivity index (χ0) is 16.1. The summed E-state index contributed by atoms with van der Waals surface area (Å²) in [5.74, 6) is 0.529. The number of nitrogens with zero attached hydrogens (tertiary/aromatic N) is 2. The summed E-state index contributed by atoms with van der Waals surface area (Å²) >= 11 is 0. The minimum absolute atomic E-state index is 0.0779. The summed E-state index contributed by atoms with van der Waals surface area (Å²) in [7, 11) is 1.64. The zero-order valence-electron chi connectivity index (χ0n) is 13.0. The van der Waals surface area contributed by atoms with Crippen LogP contribution in [0.3, 0.4) is 0 Å². The van der Waals surface area contributed by atoms with Crippen LogP contribution in [0.5, 0.6) is 0 Å². The highest BCUT2D eigenvalue weighted by Gasteiger charge is 2.15. The van der Waals surface area contributed by atoms with E-state index >= 15 is 0 Å². The highest BCUT2D eigenvalue weighted by Crippen LogP contribution is 2.19. The molecule has 6 heteroatoms. The van der Waals surface area contributed by atoms with Gasteiger partial charge in [-0.2, -0.15) is 0 Å². The van der Waals surface area contributed by atoms with Gasteiger partial charge in [0, 0.05) is 12.6 Å². The first-order valence-electron chi connectivity index (χ1n) is 7.14. The van der Waals surface area contributed by atoms with Crippen molar-refractivity contribution in [1.82, 2.24) is 15.2 Å². The molecule has 0 saturated heterocycles. The van der Waals surface area contributed by atoms with Crippen LogP contribution in [0.15, 0.2) is 34.9 Å². The number of likely N-dealkylation sites (N-methyl/N-ethyl adjacent to an activating group) is 1. The second-order valence-corrected chi connectivity index (χ2v) is 5.31. The van der Waals surface area contributed by atoms with Crippen LogP contribution >= 0.6 is 0 Å². The first kappa shape index (κ1) is 16.0. The van der Waals surface area contributed by atoms with E-state index in [0.717, 1.165) is 5.56 Å². The number of amides is 2. The van der Waals surface area contributed by atoms with E-state index in [1.807, 2.05) is 31.2 Å². The van der Waals surface area contributed by atoms with Crippen molar-refractivity contribution in [2.75, 3.05) is 13.7 Å². The maximum Gasteiger partial charge on any atom is 0.317 e. The second-order valence-electron chi connectivity index (χ2n) is 5.31. The number of urea groups is 1. The van der Waals surface area contributed by atoms with Crippen molar-refractivity contribution < 1.29 is 14.3 Å². The van der Waals surface area contributed by atoms with Gasteiger partial charge in [0.2, 0.25) is 5.89 Å². The molecule has 1 unspecified atom stereocenters. The van der Waals surface area contributed by atoms with E-state index in [1.54, 1.807) is 14.0 Å². The minimum Gasteiger partial charge on any atom is -0.444 e. The predicted octanol–water partition coefficient (Wildman–Crippen LogP) is 2.17. The average Bonchev–Trinajstić information content (AvgIpc) is 3.00. The molecule has 0 saturated carbocycles. The van der Waals surface area contributed by atoms with Gasteiger partial charge in [0.25, 0.3) is 0 Å². The average molecular weight is 303 g/mol. The largest absolute Gasteiger partial charge is 0.444 e. The summed E-state index contributed by atoms with van der Waals surface area (Å²) in [4.78, 5) is 17.7. The summed E-state index contributed by atoms with van der Waals surface area (Å²) in [6, 6.07) is 7.38. The number of aliphatic hydroxyl groups excluding tert-OH is 1. The Morgan fingerprint density at radius 2 is 2.09 bits per heavy atom. The Balaban J connectivity index is 1.95. The maximum atomic E-state index is 11.9. The maximum absolute atomic E-state index is 11.9. The molecule has 2 rings (SSSR count). The first-order chi connectivity index (χ1) is 10.5. The van der Waals surface area contributed by atoms with Crippen molar-refractivity contribution in [3.05, 3.63) is 41.8 Å². The summed E-state index contributed by atoms with van der Waals surface area (Å²) in [5.41, 5.74) is 2.71. The van der Waals surface area contributed by atoms with Crippen LogP contribution < -0.4 is 5.32 Å². The third-order valence-corrected chi connectivity index (χ3v) is 3.52. The van der Waals surface area contributed by atoms with E-state index in [9.17, 15) is 4.79 Å². The molecule has 1 aromatic carbocycles. The van der Waals surface area contributed by atoms with E-state index in [2.05, 4.69) is 10.3 Å². The van der Waals surface area contributed by atoms with E-state index in [1.165, 1.54) is 16.7 Å². The number of aryl methyl sites for hydroxylation is 1. The van der Waals surface area contributed by atoms with Crippen molar-refractivity contribution in [3.8, 4) is 11.5 Å². The number of aromatic nitrogens is 1. The molecular weight excluding hydrogens is 282 g/mol. The fourth-order valence-electron chi connectivity index (χ4n) is 1.83. The van der Waals surface area contributed by atoms with E-state index < -0.39 is 0 Å². The molecule has 2 amide bonds. The van der Waals surface area contributed by atoms with Gasteiger partial charge in [-0.25, -0.2) is 9.78 Å².